The lowest BCUT2D eigenvalue weighted by atomic mass is 9.85. The van der Waals surface area contributed by atoms with E-state index in [1.165, 1.54) is 12.0 Å². The second kappa shape index (κ2) is 6.39. The van der Waals surface area contributed by atoms with Gasteiger partial charge in [0.1, 0.15) is 0 Å². The van der Waals surface area contributed by atoms with Crippen molar-refractivity contribution in [2.45, 2.75) is 40.0 Å². The van der Waals surface area contributed by atoms with Crippen molar-refractivity contribution in [3.63, 3.8) is 0 Å². The van der Waals surface area contributed by atoms with Crippen molar-refractivity contribution in [2.24, 2.45) is 11.8 Å². The maximum absolute atomic E-state index is 10.0. The largest absolute Gasteiger partial charge is 0.361 e. The summed E-state index contributed by atoms with van der Waals surface area (Å²) in [6.07, 6.45) is 6.21. The SMILES string of the molecule is CC1=CC(N(C)C(O)N(C)C)=CCC1CC(C)C. The van der Waals surface area contributed by atoms with Crippen LogP contribution in [0.1, 0.15) is 33.6 Å². The lowest BCUT2D eigenvalue weighted by Crippen LogP contribution is -2.42. The van der Waals surface area contributed by atoms with E-state index in [1.54, 1.807) is 4.90 Å². The average molecular weight is 252 g/mol. The first-order chi connectivity index (χ1) is 8.32. The molecule has 104 valence electrons. The first kappa shape index (κ1) is 15.3. The van der Waals surface area contributed by atoms with Gasteiger partial charge in [0.25, 0.3) is 0 Å². The van der Waals surface area contributed by atoms with Crippen LogP contribution in [-0.2, 0) is 0 Å². The minimum absolute atomic E-state index is 0.568. The molecule has 2 unspecified atom stereocenters. The minimum atomic E-state index is -0.568. The Labute approximate surface area is 112 Å². The van der Waals surface area contributed by atoms with Gasteiger partial charge in [-0.15, -0.1) is 0 Å². The van der Waals surface area contributed by atoms with E-state index in [0.29, 0.717) is 5.92 Å². The fraction of sp³-hybridized carbons (Fsp3) is 0.733. The van der Waals surface area contributed by atoms with Crippen LogP contribution in [0.25, 0.3) is 0 Å². The van der Waals surface area contributed by atoms with Crippen molar-refractivity contribution in [3.8, 4) is 0 Å². The van der Waals surface area contributed by atoms with Crippen LogP contribution in [0.3, 0.4) is 0 Å². The summed E-state index contributed by atoms with van der Waals surface area (Å²) in [5, 5.41) is 10.0. The first-order valence-corrected chi connectivity index (χ1v) is 6.78. The Bertz CT molecular complexity index is 331. The Balaban J connectivity index is 2.70. The van der Waals surface area contributed by atoms with Gasteiger partial charge in [-0.05, 0) is 51.8 Å². The van der Waals surface area contributed by atoms with Crippen molar-refractivity contribution in [2.75, 3.05) is 21.1 Å². The standard InChI is InChI=1S/C15H28N2O/c1-11(2)9-13-7-8-14(10-12(13)3)17(6)15(18)16(4)5/h8,10-11,13,15,18H,7,9H2,1-6H3. The second-order valence-electron chi connectivity index (χ2n) is 6.00. The molecule has 1 aliphatic carbocycles. The predicted octanol–water partition coefficient (Wildman–Crippen LogP) is 2.65. The summed E-state index contributed by atoms with van der Waals surface area (Å²) in [4.78, 5) is 3.71. The Kier molecular flexibility index (Phi) is 5.42. The highest BCUT2D eigenvalue weighted by Crippen LogP contribution is 2.30. The van der Waals surface area contributed by atoms with Gasteiger partial charge in [-0.2, -0.15) is 0 Å². The Hall–Kier alpha value is -0.800. The summed E-state index contributed by atoms with van der Waals surface area (Å²) in [6.45, 7) is 6.75. The quantitative estimate of drug-likeness (QED) is 0.762. The van der Waals surface area contributed by atoms with Gasteiger partial charge in [0.15, 0.2) is 6.35 Å². The van der Waals surface area contributed by atoms with Crippen molar-refractivity contribution >= 4 is 0 Å². The minimum Gasteiger partial charge on any atom is -0.361 e. The molecular weight excluding hydrogens is 224 g/mol. The number of aliphatic hydroxyl groups is 1. The Morgan fingerprint density at radius 2 is 1.94 bits per heavy atom. The number of rotatable bonds is 5. The maximum atomic E-state index is 10.0. The first-order valence-electron chi connectivity index (χ1n) is 6.78. The van der Waals surface area contributed by atoms with Crippen LogP contribution < -0.4 is 0 Å². The molecule has 0 aromatic carbocycles. The van der Waals surface area contributed by atoms with E-state index in [-0.39, 0.29) is 0 Å². The normalized spacial score (nSPS) is 21.9. The van der Waals surface area contributed by atoms with Crippen LogP contribution in [-0.4, -0.2) is 42.4 Å². The lowest BCUT2D eigenvalue weighted by molar-refractivity contribution is -0.0592. The van der Waals surface area contributed by atoms with Crippen LogP contribution in [0.4, 0.5) is 0 Å². The molecule has 0 saturated heterocycles. The van der Waals surface area contributed by atoms with E-state index in [1.807, 2.05) is 26.0 Å². The number of hydrogen-bond donors (Lipinski definition) is 1. The number of allylic oxidation sites excluding steroid dienone is 3. The van der Waals surface area contributed by atoms with Crippen LogP contribution in [0, 0.1) is 11.8 Å². The zero-order valence-electron chi connectivity index (χ0n) is 12.6. The molecule has 1 rings (SSSR count). The van der Waals surface area contributed by atoms with Crippen LogP contribution in [0.2, 0.25) is 0 Å². The Morgan fingerprint density at radius 3 is 2.39 bits per heavy atom. The van der Waals surface area contributed by atoms with Gasteiger partial charge in [-0.3, -0.25) is 4.90 Å². The lowest BCUT2D eigenvalue weighted by Gasteiger charge is -2.33. The molecule has 2 atom stereocenters. The average Bonchev–Trinajstić information content (AvgIpc) is 2.29. The molecule has 1 aliphatic rings. The van der Waals surface area contributed by atoms with E-state index in [4.69, 9.17) is 0 Å². The van der Waals surface area contributed by atoms with Gasteiger partial charge in [0.2, 0.25) is 0 Å². The van der Waals surface area contributed by atoms with Crippen LogP contribution in [0.15, 0.2) is 23.4 Å². The highest BCUT2D eigenvalue weighted by Gasteiger charge is 2.20. The van der Waals surface area contributed by atoms with Crippen molar-refractivity contribution in [3.05, 3.63) is 23.4 Å². The number of aliphatic hydroxyl groups excluding tert-OH is 1. The maximum Gasteiger partial charge on any atom is 0.185 e. The molecule has 1 N–H and O–H groups in total. The molecule has 18 heavy (non-hydrogen) atoms. The second-order valence-corrected chi connectivity index (χ2v) is 6.00. The topological polar surface area (TPSA) is 26.7 Å². The number of hydrogen-bond acceptors (Lipinski definition) is 3. The molecule has 0 aromatic rings. The summed E-state index contributed by atoms with van der Waals surface area (Å²) in [5.74, 6) is 1.40. The van der Waals surface area contributed by atoms with Gasteiger partial charge in [0, 0.05) is 12.7 Å². The van der Waals surface area contributed by atoms with Gasteiger partial charge in [-0.25, -0.2) is 0 Å². The Morgan fingerprint density at radius 1 is 1.33 bits per heavy atom. The van der Waals surface area contributed by atoms with Crippen LogP contribution in [0.5, 0.6) is 0 Å². The highest BCUT2D eigenvalue weighted by atomic mass is 16.3. The number of likely N-dealkylation sites (N-methyl/N-ethyl adjacent to an activating group) is 1. The third-order valence-electron chi connectivity index (χ3n) is 3.60. The molecule has 3 heteroatoms. The van der Waals surface area contributed by atoms with Gasteiger partial charge < -0.3 is 10.0 Å². The molecule has 0 heterocycles. The van der Waals surface area contributed by atoms with E-state index >= 15 is 0 Å². The summed E-state index contributed by atoms with van der Waals surface area (Å²) in [5.41, 5.74) is 2.55. The van der Waals surface area contributed by atoms with E-state index in [2.05, 4.69) is 32.9 Å². The van der Waals surface area contributed by atoms with Gasteiger partial charge >= 0.3 is 0 Å². The third kappa shape index (κ3) is 3.85. The summed E-state index contributed by atoms with van der Waals surface area (Å²) in [7, 11) is 5.69. The molecule has 0 saturated carbocycles. The van der Waals surface area contributed by atoms with Gasteiger partial charge in [-0.1, -0.05) is 25.5 Å². The number of nitrogens with zero attached hydrogens (tertiary/aromatic N) is 2. The zero-order chi connectivity index (χ0) is 13.9. The van der Waals surface area contributed by atoms with Crippen molar-refractivity contribution in [1.82, 2.24) is 9.80 Å². The molecular formula is C15H28N2O. The molecule has 0 spiro atoms. The molecule has 0 aliphatic heterocycles. The highest BCUT2D eigenvalue weighted by molar-refractivity contribution is 5.28. The molecule has 0 fully saturated rings. The summed E-state index contributed by atoms with van der Waals surface area (Å²) in [6, 6.07) is 0. The molecule has 3 nitrogen and oxygen atoms in total. The predicted molar refractivity (Wildman–Crippen MR) is 76.9 cm³/mol. The fourth-order valence-corrected chi connectivity index (χ4v) is 2.44. The van der Waals surface area contributed by atoms with E-state index in [9.17, 15) is 5.11 Å². The zero-order valence-corrected chi connectivity index (χ0v) is 12.6. The molecule has 0 radical (unpaired) electrons. The fourth-order valence-electron chi connectivity index (χ4n) is 2.44. The summed E-state index contributed by atoms with van der Waals surface area (Å²) >= 11 is 0. The molecule has 0 amide bonds. The smallest absolute Gasteiger partial charge is 0.185 e. The third-order valence-corrected chi connectivity index (χ3v) is 3.60. The summed E-state index contributed by atoms with van der Waals surface area (Å²) < 4.78 is 0. The van der Waals surface area contributed by atoms with Crippen molar-refractivity contribution < 1.29 is 5.11 Å². The van der Waals surface area contributed by atoms with E-state index < -0.39 is 6.35 Å². The monoisotopic (exact) mass is 252 g/mol. The molecule has 0 bridgehead atoms. The van der Waals surface area contributed by atoms with Gasteiger partial charge in [0.05, 0.1) is 0 Å². The molecule has 0 aromatic heterocycles. The van der Waals surface area contributed by atoms with Crippen molar-refractivity contribution in [1.29, 1.82) is 0 Å². The van der Waals surface area contributed by atoms with Crippen LogP contribution >= 0.6 is 0 Å². The van der Waals surface area contributed by atoms with E-state index in [0.717, 1.165) is 18.0 Å².